The van der Waals surface area contributed by atoms with Crippen molar-refractivity contribution >= 4 is 5.91 Å². The molecule has 1 amide bonds. The van der Waals surface area contributed by atoms with Crippen molar-refractivity contribution in [1.82, 2.24) is 9.80 Å². The number of aryl methyl sites for hydroxylation is 1. The van der Waals surface area contributed by atoms with Gasteiger partial charge in [0.05, 0.1) is 5.56 Å². The number of piperidine rings is 1. The van der Waals surface area contributed by atoms with Crippen LogP contribution in [0.1, 0.15) is 54.4 Å². The number of nitrogens with zero attached hydrogens (tertiary/aromatic N) is 2. The number of amides is 1. The quantitative estimate of drug-likeness (QED) is 0.831. The van der Waals surface area contributed by atoms with Crippen molar-refractivity contribution in [3.05, 3.63) is 35.1 Å². The van der Waals surface area contributed by atoms with Gasteiger partial charge in [0.15, 0.2) is 0 Å². The molecule has 1 unspecified atom stereocenters. The lowest BCUT2D eigenvalue weighted by Crippen LogP contribution is -2.50. The lowest BCUT2D eigenvalue weighted by atomic mass is 10.0. The number of halogens is 1. The maximum atomic E-state index is 14.0. The van der Waals surface area contributed by atoms with Gasteiger partial charge in [-0.3, -0.25) is 9.69 Å². The van der Waals surface area contributed by atoms with Crippen LogP contribution < -0.4 is 0 Å². The minimum atomic E-state index is -0.405. The molecule has 0 radical (unpaired) electrons. The number of likely N-dealkylation sites (tertiary alicyclic amines) is 2. The molecule has 23 heavy (non-hydrogen) atoms. The van der Waals surface area contributed by atoms with Crippen molar-refractivity contribution in [3.8, 4) is 0 Å². The van der Waals surface area contributed by atoms with Crippen molar-refractivity contribution < 1.29 is 9.18 Å². The molecule has 0 spiro atoms. The predicted molar refractivity (Wildman–Crippen MR) is 90.1 cm³/mol. The summed E-state index contributed by atoms with van der Waals surface area (Å²) in [5.74, 6) is -0.553. The summed E-state index contributed by atoms with van der Waals surface area (Å²) in [5.41, 5.74) is 1.15. The van der Waals surface area contributed by atoms with Crippen molar-refractivity contribution in [1.29, 1.82) is 0 Å². The van der Waals surface area contributed by atoms with Gasteiger partial charge in [-0.05, 0) is 57.8 Å². The van der Waals surface area contributed by atoms with Gasteiger partial charge in [-0.25, -0.2) is 4.39 Å². The van der Waals surface area contributed by atoms with Gasteiger partial charge in [0, 0.05) is 19.1 Å². The summed E-state index contributed by atoms with van der Waals surface area (Å²) in [4.78, 5) is 17.1. The second-order valence-electron chi connectivity index (χ2n) is 6.98. The molecule has 3 rings (SSSR count). The van der Waals surface area contributed by atoms with Crippen LogP contribution in [0.5, 0.6) is 0 Å². The van der Waals surface area contributed by atoms with Crippen LogP contribution in [-0.4, -0.2) is 47.9 Å². The summed E-state index contributed by atoms with van der Waals surface area (Å²) >= 11 is 0. The van der Waals surface area contributed by atoms with Gasteiger partial charge in [-0.2, -0.15) is 0 Å². The highest BCUT2D eigenvalue weighted by Gasteiger charge is 2.29. The summed E-state index contributed by atoms with van der Waals surface area (Å²) in [6.45, 7) is 5.67. The number of hydrogen-bond acceptors (Lipinski definition) is 2. The molecule has 0 bridgehead atoms. The van der Waals surface area contributed by atoms with E-state index >= 15 is 0 Å². The Labute approximate surface area is 138 Å². The third-order valence-corrected chi connectivity index (χ3v) is 5.19. The second-order valence-corrected chi connectivity index (χ2v) is 6.98. The Morgan fingerprint density at radius 3 is 2.57 bits per heavy atom. The van der Waals surface area contributed by atoms with Crippen LogP contribution in [0.15, 0.2) is 18.2 Å². The predicted octanol–water partition coefficient (Wildman–Crippen LogP) is 3.61. The van der Waals surface area contributed by atoms with Crippen molar-refractivity contribution in [2.45, 2.75) is 51.5 Å². The lowest BCUT2D eigenvalue weighted by molar-refractivity contribution is 0.0574. The highest BCUT2D eigenvalue weighted by Crippen LogP contribution is 2.22. The van der Waals surface area contributed by atoms with E-state index in [-0.39, 0.29) is 11.5 Å². The molecule has 4 heteroatoms. The number of benzene rings is 1. The minimum Gasteiger partial charge on any atom is -0.337 e. The summed E-state index contributed by atoms with van der Waals surface area (Å²) in [5, 5.41) is 0. The number of rotatable bonds is 2. The van der Waals surface area contributed by atoms with Gasteiger partial charge in [-0.1, -0.05) is 24.5 Å². The van der Waals surface area contributed by atoms with Gasteiger partial charge >= 0.3 is 0 Å². The molecule has 0 N–H and O–H groups in total. The maximum Gasteiger partial charge on any atom is 0.256 e. The lowest BCUT2D eigenvalue weighted by Gasteiger charge is -2.39. The summed E-state index contributed by atoms with van der Waals surface area (Å²) < 4.78 is 14.0. The van der Waals surface area contributed by atoms with Gasteiger partial charge in [0.2, 0.25) is 0 Å². The molecule has 2 fully saturated rings. The highest BCUT2D eigenvalue weighted by molar-refractivity contribution is 5.94. The van der Waals surface area contributed by atoms with E-state index < -0.39 is 5.82 Å². The van der Waals surface area contributed by atoms with Crippen molar-refractivity contribution in [2.75, 3.05) is 26.2 Å². The number of carbonyl (C=O) groups excluding carboxylic acids is 1. The molecule has 0 aliphatic carbocycles. The van der Waals surface area contributed by atoms with Crippen LogP contribution in [0.4, 0.5) is 4.39 Å². The van der Waals surface area contributed by atoms with Crippen LogP contribution in [0, 0.1) is 12.7 Å². The molecule has 126 valence electrons. The molecule has 1 atom stereocenters. The number of carbonyl (C=O) groups is 1. The third-order valence-electron chi connectivity index (χ3n) is 5.19. The molecule has 2 aliphatic rings. The zero-order valence-corrected chi connectivity index (χ0v) is 14.1. The fourth-order valence-corrected chi connectivity index (χ4v) is 3.87. The van der Waals surface area contributed by atoms with E-state index in [1.54, 1.807) is 12.1 Å². The SMILES string of the molecule is Cc1ccc(F)c(C(=O)N2CCCC(N3CCCCCC3)C2)c1. The van der Waals surface area contributed by atoms with Crippen molar-refractivity contribution in [2.24, 2.45) is 0 Å². The summed E-state index contributed by atoms with van der Waals surface area (Å²) in [6.07, 6.45) is 7.33. The van der Waals surface area contributed by atoms with E-state index in [1.807, 2.05) is 11.8 Å². The van der Waals surface area contributed by atoms with Gasteiger partial charge in [-0.15, -0.1) is 0 Å². The smallest absolute Gasteiger partial charge is 0.256 e. The zero-order valence-electron chi connectivity index (χ0n) is 14.1. The highest BCUT2D eigenvalue weighted by atomic mass is 19.1. The normalized spacial score (nSPS) is 23.6. The van der Waals surface area contributed by atoms with E-state index in [0.29, 0.717) is 6.04 Å². The first-order valence-electron chi connectivity index (χ1n) is 8.94. The Bertz CT molecular complexity index is 552. The van der Waals surface area contributed by atoms with Crippen molar-refractivity contribution in [3.63, 3.8) is 0 Å². The van der Waals surface area contributed by atoms with E-state index in [0.717, 1.165) is 44.6 Å². The van der Waals surface area contributed by atoms with E-state index in [1.165, 1.54) is 31.7 Å². The van der Waals surface area contributed by atoms with Gasteiger partial charge < -0.3 is 4.90 Å². The molecule has 2 aliphatic heterocycles. The summed E-state index contributed by atoms with van der Waals surface area (Å²) in [6, 6.07) is 5.23. The average molecular weight is 318 g/mol. The number of hydrogen-bond donors (Lipinski definition) is 0. The van der Waals surface area contributed by atoms with Crippen LogP contribution in [0.2, 0.25) is 0 Å². The molecular formula is C19H27FN2O. The fraction of sp³-hybridized carbons (Fsp3) is 0.632. The van der Waals surface area contributed by atoms with E-state index in [9.17, 15) is 9.18 Å². The van der Waals surface area contributed by atoms with Gasteiger partial charge in [0.1, 0.15) is 5.82 Å². The Balaban J connectivity index is 1.70. The van der Waals surface area contributed by atoms with Gasteiger partial charge in [0.25, 0.3) is 5.91 Å². The fourth-order valence-electron chi connectivity index (χ4n) is 3.87. The second kappa shape index (κ2) is 7.43. The molecule has 0 aromatic heterocycles. The third kappa shape index (κ3) is 3.92. The standard InChI is InChI=1S/C19H27FN2O/c1-15-8-9-18(20)17(13-15)19(23)22-12-6-7-16(14-22)21-10-4-2-3-5-11-21/h8-9,13,16H,2-7,10-12,14H2,1H3. The van der Waals surface area contributed by atoms with Crippen LogP contribution in [0.25, 0.3) is 0 Å². The Morgan fingerprint density at radius 2 is 1.83 bits per heavy atom. The van der Waals surface area contributed by atoms with Crippen LogP contribution >= 0.6 is 0 Å². The van der Waals surface area contributed by atoms with Crippen LogP contribution in [-0.2, 0) is 0 Å². The monoisotopic (exact) mass is 318 g/mol. The van der Waals surface area contributed by atoms with E-state index in [2.05, 4.69) is 4.90 Å². The maximum absolute atomic E-state index is 14.0. The molecule has 2 saturated heterocycles. The zero-order chi connectivity index (χ0) is 16.2. The minimum absolute atomic E-state index is 0.147. The Kier molecular flexibility index (Phi) is 5.31. The van der Waals surface area contributed by atoms with Crippen LogP contribution in [0.3, 0.4) is 0 Å². The molecule has 3 nitrogen and oxygen atoms in total. The molecule has 0 saturated carbocycles. The average Bonchev–Trinajstić information content (AvgIpc) is 2.86. The first kappa shape index (κ1) is 16.4. The summed E-state index contributed by atoms with van der Waals surface area (Å²) in [7, 11) is 0. The first-order chi connectivity index (χ1) is 11.1. The Morgan fingerprint density at radius 1 is 1.09 bits per heavy atom. The molecule has 1 aromatic carbocycles. The Hall–Kier alpha value is -1.42. The topological polar surface area (TPSA) is 23.6 Å². The molecular weight excluding hydrogens is 291 g/mol. The molecule has 2 heterocycles. The van der Waals surface area contributed by atoms with E-state index in [4.69, 9.17) is 0 Å². The molecule has 1 aromatic rings. The first-order valence-corrected chi connectivity index (χ1v) is 8.94. The largest absolute Gasteiger partial charge is 0.337 e.